The molecule has 0 saturated carbocycles. The van der Waals surface area contributed by atoms with Crippen LogP contribution in [0, 0.1) is 0 Å². The van der Waals surface area contributed by atoms with E-state index >= 15 is 0 Å². The molecule has 1 amide bonds. The van der Waals surface area contributed by atoms with E-state index in [4.69, 9.17) is 9.84 Å². The SMILES string of the molecule is O=C(NC(Cc1ncns1)C(=O)O)OCc1ccccc1. The Hall–Kier alpha value is -2.48. The van der Waals surface area contributed by atoms with E-state index in [-0.39, 0.29) is 13.0 Å². The van der Waals surface area contributed by atoms with Crippen molar-refractivity contribution in [3.05, 3.63) is 47.2 Å². The van der Waals surface area contributed by atoms with Crippen molar-refractivity contribution in [1.29, 1.82) is 0 Å². The van der Waals surface area contributed by atoms with Gasteiger partial charge in [-0.15, -0.1) is 0 Å². The molecule has 0 fully saturated rings. The second-order valence-electron chi connectivity index (χ2n) is 4.14. The smallest absolute Gasteiger partial charge is 0.408 e. The number of ether oxygens (including phenoxy) is 1. The van der Waals surface area contributed by atoms with E-state index in [1.54, 1.807) is 0 Å². The normalized spacial score (nSPS) is 11.6. The first-order valence-corrected chi connectivity index (χ1v) is 6.88. The number of carbonyl (C=O) groups excluding carboxylic acids is 1. The average molecular weight is 307 g/mol. The van der Waals surface area contributed by atoms with Gasteiger partial charge in [0.05, 0.1) is 0 Å². The van der Waals surface area contributed by atoms with E-state index in [1.807, 2.05) is 30.3 Å². The number of amides is 1. The summed E-state index contributed by atoms with van der Waals surface area (Å²) in [4.78, 5) is 26.6. The zero-order valence-electron chi connectivity index (χ0n) is 10.9. The molecule has 2 rings (SSSR count). The summed E-state index contributed by atoms with van der Waals surface area (Å²) in [5.74, 6) is -1.15. The van der Waals surface area contributed by atoms with Gasteiger partial charge in [0.1, 0.15) is 24.0 Å². The van der Waals surface area contributed by atoms with Gasteiger partial charge in [-0.25, -0.2) is 14.6 Å². The summed E-state index contributed by atoms with van der Waals surface area (Å²) in [5.41, 5.74) is 0.823. The topological polar surface area (TPSA) is 101 Å². The molecule has 0 aliphatic rings. The fourth-order valence-corrected chi connectivity index (χ4v) is 2.12. The van der Waals surface area contributed by atoms with Gasteiger partial charge in [-0.3, -0.25) is 0 Å². The number of aliphatic carboxylic acids is 1. The lowest BCUT2D eigenvalue weighted by molar-refractivity contribution is -0.139. The number of hydrogen-bond acceptors (Lipinski definition) is 6. The first-order valence-electron chi connectivity index (χ1n) is 6.10. The van der Waals surface area contributed by atoms with Crippen molar-refractivity contribution < 1.29 is 19.4 Å². The minimum Gasteiger partial charge on any atom is -0.480 e. The maximum atomic E-state index is 11.6. The van der Waals surface area contributed by atoms with E-state index < -0.39 is 18.1 Å². The molecule has 7 nitrogen and oxygen atoms in total. The highest BCUT2D eigenvalue weighted by Crippen LogP contribution is 2.05. The summed E-state index contributed by atoms with van der Waals surface area (Å²) < 4.78 is 8.77. The first-order chi connectivity index (χ1) is 10.1. The van der Waals surface area contributed by atoms with Gasteiger partial charge in [0.25, 0.3) is 0 Å². The highest BCUT2D eigenvalue weighted by atomic mass is 32.1. The van der Waals surface area contributed by atoms with Crippen molar-refractivity contribution in [3.63, 3.8) is 0 Å². The Kier molecular flexibility index (Phi) is 5.22. The Balaban J connectivity index is 1.85. The summed E-state index contributed by atoms with van der Waals surface area (Å²) in [6.45, 7) is 0.0812. The van der Waals surface area contributed by atoms with Crippen LogP contribution >= 0.6 is 11.5 Å². The number of nitrogens with zero attached hydrogens (tertiary/aromatic N) is 2. The number of benzene rings is 1. The third-order valence-corrected chi connectivity index (χ3v) is 3.27. The number of carbonyl (C=O) groups is 2. The molecule has 0 aliphatic heterocycles. The molecule has 2 aromatic rings. The Labute approximate surface area is 124 Å². The number of carboxylic acids is 1. The number of aromatic nitrogens is 2. The van der Waals surface area contributed by atoms with Gasteiger partial charge in [-0.1, -0.05) is 30.3 Å². The molecule has 21 heavy (non-hydrogen) atoms. The highest BCUT2D eigenvalue weighted by Gasteiger charge is 2.22. The van der Waals surface area contributed by atoms with Crippen LogP contribution in [0.15, 0.2) is 36.7 Å². The minimum atomic E-state index is -1.15. The molecule has 1 atom stereocenters. The molecule has 0 bridgehead atoms. The summed E-state index contributed by atoms with van der Waals surface area (Å²) in [5, 5.41) is 11.9. The van der Waals surface area contributed by atoms with Crippen LogP contribution in [-0.2, 0) is 22.6 Å². The Morgan fingerprint density at radius 1 is 1.33 bits per heavy atom. The number of rotatable bonds is 6. The molecule has 1 unspecified atom stereocenters. The molecular formula is C13H13N3O4S. The van der Waals surface area contributed by atoms with E-state index in [0.29, 0.717) is 5.01 Å². The van der Waals surface area contributed by atoms with E-state index in [1.165, 1.54) is 6.33 Å². The van der Waals surface area contributed by atoms with Crippen LogP contribution in [-0.4, -0.2) is 32.6 Å². The monoisotopic (exact) mass is 307 g/mol. The maximum Gasteiger partial charge on any atom is 0.408 e. The van der Waals surface area contributed by atoms with E-state index in [0.717, 1.165) is 17.1 Å². The van der Waals surface area contributed by atoms with Gasteiger partial charge >= 0.3 is 12.1 Å². The summed E-state index contributed by atoms with van der Waals surface area (Å²) >= 11 is 1.09. The Bertz CT molecular complexity index is 589. The third-order valence-electron chi connectivity index (χ3n) is 2.59. The van der Waals surface area contributed by atoms with Crippen molar-refractivity contribution in [2.24, 2.45) is 0 Å². The zero-order chi connectivity index (χ0) is 15.1. The molecule has 1 aromatic heterocycles. The van der Waals surface area contributed by atoms with Crippen LogP contribution in [0.25, 0.3) is 0 Å². The van der Waals surface area contributed by atoms with Crippen molar-refractivity contribution in [3.8, 4) is 0 Å². The lowest BCUT2D eigenvalue weighted by Gasteiger charge is -2.13. The Morgan fingerprint density at radius 2 is 2.10 bits per heavy atom. The molecule has 0 radical (unpaired) electrons. The predicted octanol–water partition coefficient (Wildman–Crippen LogP) is 1.46. The van der Waals surface area contributed by atoms with Crippen molar-refractivity contribution in [2.75, 3.05) is 0 Å². The molecule has 1 heterocycles. The molecule has 0 aliphatic carbocycles. The van der Waals surface area contributed by atoms with E-state index in [2.05, 4.69) is 14.7 Å². The van der Waals surface area contributed by atoms with Crippen LogP contribution in [0.2, 0.25) is 0 Å². The van der Waals surface area contributed by atoms with Gasteiger partial charge in [0.2, 0.25) is 0 Å². The van der Waals surface area contributed by atoms with Crippen LogP contribution < -0.4 is 5.32 Å². The second-order valence-corrected chi connectivity index (χ2v) is 5.00. The Morgan fingerprint density at radius 3 is 2.71 bits per heavy atom. The lowest BCUT2D eigenvalue weighted by Crippen LogP contribution is -2.42. The minimum absolute atomic E-state index is 0.0699. The lowest BCUT2D eigenvalue weighted by atomic mass is 10.2. The summed E-state index contributed by atoms with van der Waals surface area (Å²) in [6.07, 6.45) is 0.628. The average Bonchev–Trinajstić information content (AvgIpc) is 2.98. The molecule has 0 saturated heterocycles. The molecule has 0 spiro atoms. The molecule has 8 heteroatoms. The zero-order valence-corrected chi connectivity index (χ0v) is 11.7. The van der Waals surface area contributed by atoms with Crippen LogP contribution in [0.4, 0.5) is 4.79 Å². The fraction of sp³-hybridized carbons (Fsp3) is 0.231. The largest absolute Gasteiger partial charge is 0.480 e. The van der Waals surface area contributed by atoms with Crippen molar-refractivity contribution >= 4 is 23.6 Å². The number of hydrogen-bond donors (Lipinski definition) is 2. The third kappa shape index (κ3) is 4.84. The van der Waals surface area contributed by atoms with Gasteiger partial charge < -0.3 is 15.2 Å². The van der Waals surface area contributed by atoms with Crippen molar-refractivity contribution in [2.45, 2.75) is 19.1 Å². The van der Waals surface area contributed by atoms with Gasteiger partial charge in [0, 0.05) is 6.42 Å². The molecular weight excluding hydrogens is 294 g/mol. The summed E-state index contributed by atoms with van der Waals surface area (Å²) in [6, 6.07) is 8.03. The van der Waals surface area contributed by atoms with E-state index in [9.17, 15) is 9.59 Å². The molecule has 2 N–H and O–H groups in total. The van der Waals surface area contributed by atoms with Crippen LogP contribution in [0.3, 0.4) is 0 Å². The highest BCUT2D eigenvalue weighted by molar-refractivity contribution is 7.05. The van der Waals surface area contributed by atoms with Gasteiger partial charge in [-0.2, -0.15) is 4.37 Å². The number of nitrogens with one attached hydrogen (secondary N) is 1. The molecule has 110 valence electrons. The molecule has 1 aromatic carbocycles. The van der Waals surface area contributed by atoms with Crippen LogP contribution in [0.5, 0.6) is 0 Å². The fourth-order valence-electron chi connectivity index (χ4n) is 1.57. The number of carboxylic acid groups (broad SMARTS) is 1. The van der Waals surface area contributed by atoms with Crippen LogP contribution in [0.1, 0.15) is 10.6 Å². The predicted molar refractivity (Wildman–Crippen MR) is 74.8 cm³/mol. The second kappa shape index (κ2) is 7.34. The first kappa shape index (κ1) is 14.9. The summed E-state index contributed by atoms with van der Waals surface area (Å²) in [7, 11) is 0. The standard InChI is InChI=1S/C13H13N3O4S/c17-12(18)10(6-11-14-8-15-21-11)16-13(19)20-7-9-4-2-1-3-5-9/h1-5,8,10H,6-7H2,(H,16,19)(H,17,18). The van der Waals surface area contributed by atoms with Gasteiger partial charge in [0.15, 0.2) is 0 Å². The van der Waals surface area contributed by atoms with Gasteiger partial charge in [-0.05, 0) is 17.1 Å². The van der Waals surface area contributed by atoms with Crippen molar-refractivity contribution in [1.82, 2.24) is 14.7 Å². The maximum absolute atomic E-state index is 11.6. The number of alkyl carbamates (subject to hydrolysis) is 1. The quantitative estimate of drug-likeness (QED) is 0.838.